The van der Waals surface area contributed by atoms with Crippen LogP contribution in [-0.4, -0.2) is 19.8 Å². The zero-order valence-electron chi connectivity index (χ0n) is 11.3. The van der Waals surface area contributed by atoms with Crippen molar-refractivity contribution in [3.63, 3.8) is 0 Å². The predicted octanol–water partition coefficient (Wildman–Crippen LogP) is 4.09. The van der Waals surface area contributed by atoms with Crippen molar-refractivity contribution >= 4 is 11.6 Å². The summed E-state index contributed by atoms with van der Waals surface area (Å²) >= 11 is 5.78. The minimum Gasteiger partial charge on any atom is -0.378 e. The molecule has 0 aromatic heterocycles. The van der Waals surface area contributed by atoms with Crippen molar-refractivity contribution in [2.75, 3.05) is 13.7 Å². The molecule has 1 heterocycles. The molecule has 1 fully saturated rings. The largest absolute Gasteiger partial charge is 0.378 e. The van der Waals surface area contributed by atoms with E-state index >= 15 is 0 Å². The van der Waals surface area contributed by atoms with E-state index in [0.717, 1.165) is 32.3 Å². The number of hydrogen-bond acceptors (Lipinski definition) is 2. The van der Waals surface area contributed by atoms with Gasteiger partial charge in [-0.05, 0) is 51.3 Å². The van der Waals surface area contributed by atoms with E-state index in [2.05, 4.69) is 5.32 Å². The van der Waals surface area contributed by atoms with Gasteiger partial charge in [-0.1, -0.05) is 17.7 Å². The van der Waals surface area contributed by atoms with E-state index in [1.807, 2.05) is 7.05 Å². The van der Waals surface area contributed by atoms with Crippen LogP contribution in [0.2, 0.25) is 5.02 Å². The Labute approximate surface area is 119 Å². The third-order valence-electron chi connectivity index (χ3n) is 3.74. The molecule has 4 heteroatoms. The van der Waals surface area contributed by atoms with Crippen LogP contribution < -0.4 is 5.32 Å². The molecule has 0 amide bonds. The molecule has 2 unspecified atom stereocenters. The van der Waals surface area contributed by atoms with Crippen LogP contribution in [0.15, 0.2) is 18.2 Å². The van der Waals surface area contributed by atoms with Gasteiger partial charge in [-0.25, -0.2) is 4.39 Å². The third kappa shape index (κ3) is 4.16. The fourth-order valence-electron chi connectivity index (χ4n) is 2.63. The van der Waals surface area contributed by atoms with Gasteiger partial charge in [-0.2, -0.15) is 0 Å². The fraction of sp³-hybridized carbons (Fsp3) is 0.600. The first-order valence-electron chi connectivity index (χ1n) is 6.94. The summed E-state index contributed by atoms with van der Waals surface area (Å²) in [4.78, 5) is 0. The molecule has 2 nitrogen and oxygen atoms in total. The van der Waals surface area contributed by atoms with Crippen LogP contribution in [0.1, 0.15) is 43.7 Å². The maximum absolute atomic E-state index is 13.9. The summed E-state index contributed by atoms with van der Waals surface area (Å²) in [7, 11) is 1.86. The molecule has 0 radical (unpaired) electrons. The van der Waals surface area contributed by atoms with Crippen LogP contribution in [0.3, 0.4) is 0 Å². The van der Waals surface area contributed by atoms with E-state index in [-0.39, 0.29) is 11.9 Å². The summed E-state index contributed by atoms with van der Waals surface area (Å²) in [5.74, 6) is -0.239. The molecule has 1 aliphatic rings. The topological polar surface area (TPSA) is 21.3 Å². The highest BCUT2D eigenvalue weighted by Gasteiger charge is 2.19. The van der Waals surface area contributed by atoms with Crippen LogP contribution in [0.25, 0.3) is 0 Å². The van der Waals surface area contributed by atoms with E-state index in [9.17, 15) is 4.39 Å². The van der Waals surface area contributed by atoms with Gasteiger partial charge in [0.25, 0.3) is 0 Å². The Morgan fingerprint density at radius 1 is 1.47 bits per heavy atom. The molecule has 0 bridgehead atoms. The number of ether oxygens (including phenoxy) is 1. The van der Waals surface area contributed by atoms with Crippen molar-refractivity contribution in [1.29, 1.82) is 0 Å². The van der Waals surface area contributed by atoms with Crippen LogP contribution >= 0.6 is 11.6 Å². The lowest BCUT2D eigenvalue weighted by atomic mass is 9.97. The van der Waals surface area contributed by atoms with Gasteiger partial charge in [-0.15, -0.1) is 0 Å². The Kier molecular flexibility index (Phi) is 5.61. The fourth-order valence-corrected chi connectivity index (χ4v) is 2.79. The highest BCUT2D eigenvalue weighted by molar-refractivity contribution is 6.30. The summed E-state index contributed by atoms with van der Waals surface area (Å²) in [6, 6.07) is 4.89. The van der Waals surface area contributed by atoms with Crippen molar-refractivity contribution in [3.05, 3.63) is 34.6 Å². The molecule has 1 N–H and O–H groups in total. The lowest BCUT2D eigenvalue weighted by molar-refractivity contribution is 0.00861. The summed E-state index contributed by atoms with van der Waals surface area (Å²) in [5.41, 5.74) is 0.683. The normalized spacial score (nSPS) is 21.3. The van der Waals surface area contributed by atoms with Crippen molar-refractivity contribution in [2.24, 2.45) is 0 Å². The monoisotopic (exact) mass is 285 g/mol. The first-order valence-corrected chi connectivity index (χ1v) is 7.32. The summed E-state index contributed by atoms with van der Waals surface area (Å²) in [5, 5.41) is 3.62. The average Bonchev–Trinajstić information content (AvgIpc) is 2.42. The summed E-state index contributed by atoms with van der Waals surface area (Å²) < 4.78 is 19.6. The molecule has 0 saturated carbocycles. The van der Waals surface area contributed by atoms with Gasteiger partial charge in [0.05, 0.1) is 6.10 Å². The second-order valence-corrected chi connectivity index (χ2v) is 5.51. The van der Waals surface area contributed by atoms with Gasteiger partial charge in [0.15, 0.2) is 0 Å². The number of nitrogens with one attached hydrogen (secondary N) is 1. The van der Waals surface area contributed by atoms with Gasteiger partial charge in [0.1, 0.15) is 5.82 Å². The first-order chi connectivity index (χ1) is 9.20. The molecule has 19 heavy (non-hydrogen) atoms. The van der Waals surface area contributed by atoms with Crippen molar-refractivity contribution in [3.8, 4) is 0 Å². The quantitative estimate of drug-likeness (QED) is 0.880. The molecule has 1 aromatic rings. The van der Waals surface area contributed by atoms with E-state index < -0.39 is 0 Å². The molecule has 2 rings (SSSR count). The molecule has 1 aliphatic heterocycles. The number of halogens is 2. The number of benzene rings is 1. The minimum atomic E-state index is -0.239. The van der Waals surface area contributed by atoms with Crippen LogP contribution in [0.4, 0.5) is 4.39 Å². The second-order valence-electron chi connectivity index (χ2n) is 5.07. The predicted molar refractivity (Wildman–Crippen MR) is 76.0 cm³/mol. The number of hydrogen-bond donors (Lipinski definition) is 1. The van der Waals surface area contributed by atoms with Crippen LogP contribution in [-0.2, 0) is 4.74 Å². The average molecular weight is 286 g/mol. The van der Waals surface area contributed by atoms with Crippen LogP contribution in [0, 0.1) is 5.82 Å². The Morgan fingerprint density at radius 3 is 2.95 bits per heavy atom. The highest BCUT2D eigenvalue weighted by Crippen LogP contribution is 2.26. The van der Waals surface area contributed by atoms with Crippen molar-refractivity contribution in [2.45, 2.75) is 44.2 Å². The summed E-state index contributed by atoms with van der Waals surface area (Å²) in [6.07, 6.45) is 5.70. The number of rotatable bonds is 5. The highest BCUT2D eigenvalue weighted by atomic mass is 35.5. The lowest BCUT2D eigenvalue weighted by Gasteiger charge is -2.25. The first kappa shape index (κ1) is 14.8. The maximum Gasteiger partial charge on any atom is 0.129 e. The lowest BCUT2D eigenvalue weighted by Crippen LogP contribution is -2.23. The standard InChI is InChI=1S/C15H21ClFNO/c1-18-15(8-6-12-4-2-3-9-19-12)13-7-5-11(16)10-14(13)17/h5,7,10,12,15,18H,2-4,6,8-9H2,1H3. The Morgan fingerprint density at radius 2 is 2.32 bits per heavy atom. The SMILES string of the molecule is CNC(CCC1CCCCO1)c1ccc(Cl)cc1F. The second kappa shape index (κ2) is 7.22. The molecule has 1 aromatic carbocycles. The summed E-state index contributed by atoms with van der Waals surface area (Å²) in [6.45, 7) is 0.865. The van der Waals surface area contributed by atoms with Gasteiger partial charge >= 0.3 is 0 Å². The Bertz CT molecular complexity index is 407. The van der Waals surface area contributed by atoms with Gasteiger partial charge in [-0.3, -0.25) is 0 Å². The minimum absolute atomic E-state index is 0.0165. The Balaban J connectivity index is 1.95. The Hall–Kier alpha value is -0.640. The van der Waals surface area contributed by atoms with Crippen molar-refractivity contribution < 1.29 is 9.13 Å². The molecule has 0 spiro atoms. The molecule has 106 valence electrons. The molecule has 0 aliphatic carbocycles. The zero-order chi connectivity index (χ0) is 13.7. The van der Waals surface area contributed by atoms with E-state index in [0.29, 0.717) is 16.7 Å². The smallest absolute Gasteiger partial charge is 0.129 e. The molecular formula is C15H21ClFNO. The zero-order valence-corrected chi connectivity index (χ0v) is 12.0. The third-order valence-corrected chi connectivity index (χ3v) is 3.97. The van der Waals surface area contributed by atoms with Crippen LogP contribution in [0.5, 0.6) is 0 Å². The van der Waals surface area contributed by atoms with E-state index in [4.69, 9.17) is 16.3 Å². The van der Waals surface area contributed by atoms with E-state index in [1.165, 1.54) is 12.5 Å². The molecule has 2 atom stereocenters. The molecule has 1 saturated heterocycles. The van der Waals surface area contributed by atoms with Gasteiger partial charge < -0.3 is 10.1 Å². The van der Waals surface area contributed by atoms with Gasteiger partial charge in [0, 0.05) is 23.2 Å². The van der Waals surface area contributed by atoms with Crippen molar-refractivity contribution in [1.82, 2.24) is 5.32 Å². The van der Waals surface area contributed by atoms with E-state index in [1.54, 1.807) is 12.1 Å². The maximum atomic E-state index is 13.9. The van der Waals surface area contributed by atoms with Gasteiger partial charge in [0.2, 0.25) is 0 Å². The molecular weight excluding hydrogens is 265 g/mol.